The maximum absolute atomic E-state index is 12.5. The maximum atomic E-state index is 12.5. The topological polar surface area (TPSA) is 77.5 Å². The molecule has 154 valence electrons. The van der Waals surface area contributed by atoms with E-state index in [1.807, 2.05) is 36.4 Å². The van der Waals surface area contributed by atoms with Gasteiger partial charge in [-0.25, -0.2) is 9.78 Å². The summed E-state index contributed by atoms with van der Waals surface area (Å²) in [5.41, 5.74) is 1.35. The Hall–Kier alpha value is -3.97. The van der Waals surface area contributed by atoms with Gasteiger partial charge in [-0.1, -0.05) is 36.4 Å². The Morgan fingerprint density at radius 1 is 0.839 bits per heavy atom. The van der Waals surface area contributed by atoms with Crippen LogP contribution in [0.1, 0.15) is 25.9 Å². The van der Waals surface area contributed by atoms with E-state index >= 15 is 0 Å². The van der Waals surface area contributed by atoms with Crippen molar-refractivity contribution in [3.63, 3.8) is 0 Å². The first-order chi connectivity index (χ1) is 15.2. The fraction of sp³-hybridized carbons (Fsp3) is 0.0417. The highest BCUT2D eigenvalue weighted by molar-refractivity contribution is 7.09. The van der Waals surface area contributed by atoms with E-state index in [-0.39, 0.29) is 18.2 Å². The Morgan fingerprint density at radius 3 is 2.19 bits per heavy atom. The van der Waals surface area contributed by atoms with Crippen molar-refractivity contribution < 1.29 is 19.1 Å². The van der Waals surface area contributed by atoms with E-state index in [9.17, 15) is 9.59 Å². The van der Waals surface area contributed by atoms with Crippen LogP contribution in [0.25, 0.3) is 0 Å². The molecule has 1 aromatic heterocycles. The third kappa shape index (κ3) is 5.55. The lowest BCUT2D eigenvalue weighted by Gasteiger charge is -2.07. The normalized spacial score (nSPS) is 10.3. The minimum atomic E-state index is -0.431. The molecule has 0 saturated heterocycles. The van der Waals surface area contributed by atoms with E-state index < -0.39 is 5.97 Å². The lowest BCUT2D eigenvalue weighted by Crippen LogP contribution is -2.12. The average molecular weight is 430 g/mol. The number of para-hydroxylation sites is 1. The van der Waals surface area contributed by atoms with Crippen LogP contribution in [0.4, 0.5) is 5.69 Å². The second-order valence-electron chi connectivity index (χ2n) is 6.46. The van der Waals surface area contributed by atoms with Crippen LogP contribution in [0.15, 0.2) is 90.3 Å². The van der Waals surface area contributed by atoms with Crippen molar-refractivity contribution in [1.29, 1.82) is 0 Å². The Bertz CT molecular complexity index is 1160. The van der Waals surface area contributed by atoms with Gasteiger partial charge in [-0.2, -0.15) is 0 Å². The molecule has 0 aliphatic heterocycles. The van der Waals surface area contributed by atoms with Gasteiger partial charge < -0.3 is 14.8 Å². The van der Waals surface area contributed by atoms with Crippen LogP contribution in [0.2, 0.25) is 0 Å². The lowest BCUT2D eigenvalue weighted by atomic mass is 10.2. The highest BCUT2D eigenvalue weighted by atomic mass is 32.1. The summed E-state index contributed by atoms with van der Waals surface area (Å²) in [5, 5.41) is 4.97. The SMILES string of the molecule is O=C(OCc1nc(C(=O)Nc2ccc(Oc3ccccc3)cc2)cs1)c1ccccc1. The van der Waals surface area contributed by atoms with Crippen molar-refractivity contribution in [1.82, 2.24) is 4.98 Å². The number of aromatic nitrogens is 1. The molecule has 0 bridgehead atoms. The fourth-order valence-electron chi connectivity index (χ4n) is 2.69. The van der Waals surface area contributed by atoms with Crippen molar-refractivity contribution in [3.05, 3.63) is 107 Å². The van der Waals surface area contributed by atoms with Crippen LogP contribution in [0.5, 0.6) is 11.5 Å². The molecule has 1 N–H and O–H groups in total. The van der Waals surface area contributed by atoms with Crippen molar-refractivity contribution in [2.24, 2.45) is 0 Å². The van der Waals surface area contributed by atoms with Crippen molar-refractivity contribution in [2.75, 3.05) is 5.32 Å². The summed E-state index contributed by atoms with van der Waals surface area (Å²) in [6, 6.07) is 25.2. The summed E-state index contributed by atoms with van der Waals surface area (Å²) >= 11 is 1.26. The summed E-state index contributed by atoms with van der Waals surface area (Å²) < 4.78 is 11.0. The van der Waals surface area contributed by atoms with E-state index in [4.69, 9.17) is 9.47 Å². The first-order valence-electron chi connectivity index (χ1n) is 9.48. The molecule has 0 fully saturated rings. The van der Waals surface area contributed by atoms with Gasteiger partial charge in [0.25, 0.3) is 5.91 Å². The first-order valence-corrected chi connectivity index (χ1v) is 10.4. The number of carbonyl (C=O) groups is 2. The predicted octanol–water partition coefficient (Wildman–Crippen LogP) is 5.54. The molecular formula is C24H18N2O4S. The van der Waals surface area contributed by atoms with Crippen LogP contribution in [-0.4, -0.2) is 16.9 Å². The highest BCUT2D eigenvalue weighted by Gasteiger charge is 2.13. The number of thiazole rings is 1. The standard InChI is InChI=1S/C24H18N2O4S/c27-23(25-18-11-13-20(14-12-18)30-19-9-5-2-6-10-19)21-16-31-22(26-21)15-29-24(28)17-7-3-1-4-8-17/h1-14,16H,15H2,(H,25,27). The molecule has 0 aliphatic rings. The zero-order chi connectivity index (χ0) is 21.5. The third-order valence-electron chi connectivity index (χ3n) is 4.21. The zero-order valence-electron chi connectivity index (χ0n) is 16.4. The molecule has 0 spiro atoms. The van der Waals surface area contributed by atoms with E-state index in [2.05, 4.69) is 10.3 Å². The molecule has 0 radical (unpaired) electrons. The van der Waals surface area contributed by atoms with E-state index in [1.54, 1.807) is 53.9 Å². The molecule has 6 nitrogen and oxygen atoms in total. The van der Waals surface area contributed by atoms with Gasteiger partial charge in [-0.05, 0) is 48.5 Å². The summed E-state index contributed by atoms with van der Waals surface area (Å²) in [7, 11) is 0. The summed E-state index contributed by atoms with van der Waals surface area (Å²) in [6.45, 7) is 0.0111. The number of nitrogens with one attached hydrogen (secondary N) is 1. The van der Waals surface area contributed by atoms with Gasteiger partial charge in [0.2, 0.25) is 0 Å². The number of carbonyl (C=O) groups excluding carboxylic acids is 2. The van der Waals surface area contributed by atoms with Crippen LogP contribution in [0, 0.1) is 0 Å². The second-order valence-corrected chi connectivity index (χ2v) is 7.40. The summed E-state index contributed by atoms with van der Waals surface area (Å²) in [4.78, 5) is 28.7. The average Bonchev–Trinajstić information content (AvgIpc) is 3.29. The molecule has 0 unspecified atom stereocenters. The molecule has 31 heavy (non-hydrogen) atoms. The third-order valence-corrected chi connectivity index (χ3v) is 5.03. The van der Waals surface area contributed by atoms with Gasteiger partial charge in [0.1, 0.15) is 28.8 Å². The minimum absolute atomic E-state index is 0.0111. The molecule has 0 aliphatic carbocycles. The Morgan fingerprint density at radius 2 is 1.48 bits per heavy atom. The number of hydrogen-bond donors (Lipinski definition) is 1. The van der Waals surface area contributed by atoms with Gasteiger partial charge in [0.15, 0.2) is 0 Å². The van der Waals surface area contributed by atoms with Gasteiger partial charge in [-0.3, -0.25) is 4.79 Å². The number of amides is 1. The molecule has 4 aromatic rings. The number of rotatable bonds is 7. The molecule has 1 heterocycles. The molecule has 4 rings (SSSR count). The number of hydrogen-bond acceptors (Lipinski definition) is 6. The second kappa shape index (κ2) is 9.69. The van der Waals surface area contributed by atoms with Crippen LogP contribution in [-0.2, 0) is 11.3 Å². The van der Waals surface area contributed by atoms with Crippen molar-refractivity contribution >= 4 is 28.9 Å². The number of benzene rings is 3. The number of anilines is 1. The maximum Gasteiger partial charge on any atom is 0.338 e. The molecule has 1 amide bonds. The largest absolute Gasteiger partial charge is 0.457 e. The predicted molar refractivity (Wildman–Crippen MR) is 119 cm³/mol. The number of nitrogens with zero attached hydrogens (tertiary/aromatic N) is 1. The summed E-state index contributed by atoms with van der Waals surface area (Å²) in [5.74, 6) is 0.635. The Balaban J connectivity index is 1.31. The fourth-order valence-corrected chi connectivity index (χ4v) is 3.38. The molecule has 0 saturated carbocycles. The zero-order valence-corrected chi connectivity index (χ0v) is 17.2. The van der Waals surface area contributed by atoms with Gasteiger partial charge in [0.05, 0.1) is 5.56 Å². The monoisotopic (exact) mass is 430 g/mol. The van der Waals surface area contributed by atoms with E-state index in [0.717, 1.165) is 5.75 Å². The van der Waals surface area contributed by atoms with Gasteiger partial charge in [0, 0.05) is 11.1 Å². The van der Waals surface area contributed by atoms with E-state index in [1.165, 1.54) is 11.3 Å². The van der Waals surface area contributed by atoms with Crippen LogP contribution in [0.3, 0.4) is 0 Å². The van der Waals surface area contributed by atoms with Crippen LogP contribution < -0.4 is 10.1 Å². The van der Waals surface area contributed by atoms with Gasteiger partial charge >= 0.3 is 5.97 Å². The molecular weight excluding hydrogens is 412 g/mol. The minimum Gasteiger partial charge on any atom is -0.457 e. The number of ether oxygens (including phenoxy) is 2. The van der Waals surface area contributed by atoms with Gasteiger partial charge in [-0.15, -0.1) is 11.3 Å². The number of esters is 1. The van der Waals surface area contributed by atoms with Crippen molar-refractivity contribution in [2.45, 2.75) is 6.61 Å². The van der Waals surface area contributed by atoms with E-state index in [0.29, 0.717) is 22.0 Å². The quantitative estimate of drug-likeness (QED) is 0.389. The van der Waals surface area contributed by atoms with Crippen LogP contribution >= 0.6 is 11.3 Å². The lowest BCUT2D eigenvalue weighted by molar-refractivity contribution is 0.0472. The Labute approximate surface area is 183 Å². The Kier molecular flexibility index (Phi) is 6.35. The smallest absolute Gasteiger partial charge is 0.338 e. The summed E-state index contributed by atoms with van der Waals surface area (Å²) in [6.07, 6.45) is 0. The van der Waals surface area contributed by atoms with Crippen molar-refractivity contribution in [3.8, 4) is 11.5 Å². The highest BCUT2D eigenvalue weighted by Crippen LogP contribution is 2.23. The molecule has 3 aromatic carbocycles. The first kappa shape index (κ1) is 20.3. The molecule has 0 atom stereocenters. The molecule has 7 heteroatoms.